The molecule has 1 aromatic carbocycles. The van der Waals surface area contributed by atoms with Gasteiger partial charge in [0.15, 0.2) is 0 Å². The first-order chi connectivity index (χ1) is 10.1. The molecule has 5 heteroatoms. The predicted molar refractivity (Wildman–Crippen MR) is 79.8 cm³/mol. The molecule has 21 heavy (non-hydrogen) atoms. The number of carbonyl (C=O) groups is 2. The van der Waals surface area contributed by atoms with E-state index in [1.54, 1.807) is 6.08 Å². The van der Waals surface area contributed by atoms with Crippen molar-refractivity contribution >= 4 is 11.8 Å². The van der Waals surface area contributed by atoms with Crippen molar-refractivity contribution in [2.45, 2.75) is 25.4 Å². The molecule has 1 N–H and O–H groups in total. The Balaban J connectivity index is 1.86. The third-order valence-corrected chi connectivity index (χ3v) is 3.49. The van der Waals surface area contributed by atoms with E-state index in [-0.39, 0.29) is 17.9 Å². The molecule has 0 spiro atoms. The van der Waals surface area contributed by atoms with Crippen molar-refractivity contribution in [3.05, 3.63) is 42.5 Å². The van der Waals surface area contributed by atoms with Gasteiger partial charge in [-0.3, -0.25) is 14.5 Å². The molecule has 0 saturated carbocycles. The van der Waals surface area contributed by atoms with Crippen molar-refractivity contribution in [1.82, 2.24) is 10.2 Å². The molecule has 2 rings (SSSR count). The molecule has 1 fully saturated rings. The average molecular weight is 288 g/mol. The predicted octanol–water partition coefficient (Wildman–Crippen LogP) is 1.49. The number of benzene rings is 1. The number of piperidine rings is 1. The Morgan fingerprint density at radius 1 is 1.38 bits per heavy atom. The second-order valence-electron chi connectivity index (χ2n) is 5.01. The summed E-state index contributed by atoms with van der Waals surface area (Å²) < 4.78 is 5.41. The molecule has 5 nitrogen and oxygen atoms in total. The van der Waals surface area contributed by atoms with Crippen LogP contribution >= 0.6 is 0 Å². The minimum absolute atomic E-state index is 0.109. The fourth-order valence-electron chi connectivity index (χ4n) is 2.20. The van der Waals surface area contributed by atoms with Gasteiger partial charge in [-0.25, -0.2) is 0 Å². The molecule has 1 unspecified atom stereocenters. The third-order valence-electron chi connectivity index (χ3n) is 3.49. The number of imide groups is 1. The van der Waals surface area contributed by atoms with Crippen LogP contribution in [0.15, 0.2) is 36.9 Å². The molecule has 1 aromatic rings. The average Bonchev–Trinajstić information content (AvgIpc) is 2.51. The lowest BCUT2D eigenvalue weighted by molar-refractivity contribution is -0.148. The third kappa shape index (κ3) is 3.92. The lowest BCUT2D eigenvalue weighted by Crippen LogP contribution is -2.51. The van der Waals surface area contributed by atoms with Crippen molar-refractivity contribution in [3.63, 3.8) is 0 Å². The molecule has 0 aliphatic carbocycles. The summed E-state index contributed by atoms with van der Waals surface area (Å²) in [5.41, 5.74) is 1.06. The van der Waals surface area contributed by atoms with E-state index < -0.39 is 0 Å². The van der Waals surface area contributed by atoms with Crippen molar-refractivity contribution in [1.29, 1.82) is 0 Å². The Bertz CT molecular complexity index is 525. The van der Waals surface area contributed by atoms with Crippen LogP contribution in [-0.4, -0.2) is 36.4 Å². The van der Waals surface area contributed by atoms with Crippen molar-refractivity contribution in [2.75, 3.05) is 13.7 Å². The molecule has 1 atom stereocenters. The van der Waals surface area contributed by atoms with Gasteiger partial charge in [0.05, 0.1) is 6.04 Å². The van der Waals surface area contributed by atoms with Gasteiger partial charge in [0.1, 0.15) is 12.4 Å². The summed E-state index contributed by atoms with van der Waals surface area (Å²) in [6, 6.07) is 7.39. The van der Waals surface area contributed by atoms with Gasteiger partial charge >= 0.3 is 0 Å². The number of likely N-dealkylation sites (N-methyl/N-ethyl adjacent to an activating group) is 1. The number of rotatable bonds is 6. The van der Waals surface area contributed by atoms with Crippen LogP contribution in [0, 0.1) is 0 Å². The van der Waals surface area contributed by atoms with E-state index >= 15 is 0 Å². The van der Waals surface area contributed by atoms with Crippen LogP contribution in [0.4, 0.5) is 0 Å². The summed E-state index contributed by atoms with van der Waals surface area (Å²) in [4.78, 5) is 24.5. The van der Waals surface area contributed by atoms with E-state index in [1.807, 2.05) is 24.3 Å². The van der Waals surface area contributed by atoms with E-state index in [0.717, 1.165) is 11.3 Å². The maximum atomic E-state index is 11.9. The molecule has 1 aliphatic rings. The summed E-state index contributed by atoms with van der Waals surface area (Å²) >= 11 is 0. The highest BCUT2D eigenvalue weighted by molar-refractivity contribution is 6.00. The lowest BCUT2D eigenvalue weighted by Gasteiger charge is -2.28. The van der Waals surface area contributed by atoms with Crippen LogP contribution < -0.4 is 10.1 Å². The van der Waals surface area contributed by atoms with Crippen LogP contribution in [0.5, 0.6) is 5.75 Å². The smallest absolute Gasteiger partial charge is 0.246 e. The van der Waals surface area contributed by atoms with Gasteiger partial charge < -0.3 is 10.1 Å². The summed E-state index contributed by atoms with van der Waals surface area (Å²) in [6.07, 6.45) is 2.67. The summed E-state index contributed by atoms with van der Waals surface area (Å²) in [6.45, 7) is 4.66. The first kappa shape index (κ1) is 15.3. The van der Waals surface area contributed by atoms with Gasteiger partial charge in [0.2, 0.25) is 11.8 Å². The maximum Gasteiger partial charge on any atom is 0.246 e. The minimum Gasteiger partial charge on any atom is -0.490 e. The number of nitrogens with zero attached hydrogens (tertiary/aromatic N) is 1. The van der Waals surface area contributed by atoms with Gasteiger partial charge in [0, 0.05) is 20.0 Å². The number of likely N-dealkylation sites (tertiary alicyclic amines) is 1. The van der Waals surface area contributed by atoms with Gasteiger partial charge in [-0.05, 0) is 24.1 Å². The van der Waals surface area contributed by atoms with Gasteiger partial charge in [-0.15, -0.1) is 0 Å². The highest BCUT2D eigenvalue weighted by Gasteiger charge is 2.31. The topological polar surface area (TPSA) is 58.6 Å². The molecule has 1 aliphatic heterocycles. The molecule has 112 valence electrons. The van der Waals surface area contributed by atoms with Gasteiger partial charge in [-0.1, -0.05) is 24.8 Å². The fourth-order valence-corrected chi connectivity index (χ4v) is 2.20. The first-order valence-corrected chi connectivity index (χ1v) is 6.98. The second-order valence-corrected chi connectivity index (χ2v) is 5.01. The molecule has 1 heterocycles. The van der Waals surface area contributed by atoms with E-state index in [0.29, 0.717) is 26.0 Å². The minimum atomic E-state index is -0.288. The van der Waals surface area contributed by atoms with Gasteiger partial charge in [-0.2, -0.15) is 0 Å². The Morgan fingerprint density at radius 3 is 2.76 bits per heavy atom. The Labute approximate surface area is 124 Å². The maximum absolute atomic E-state index is 11.9. The molecule has 2 amide bonds. The molecular formula is C16H20N2O3. The second kappa shape index (κ2) is 7.04. The van der Waals surface area contributed by atoms with Crippen LogP contribution in [0.25, 0.3) is 0 Å². The van der Waals surface area contributed by atoms with Crippen molar-refractivity contribution in [3.8, 4) is 5.75 Å². The summed E-state index contributed by atoms with van der Waals surface area (Å²) in [5.74, 6) is 0.525. The number of ether oxygens (including phenoxy) is 1. The molecule has 0 aromatic heterocycles. The number of carbonyl (C=O) groups excluding carboxylic acids is 2. The Morgan fingerprint density at radius 2 is 2.10 bits per heavy atom. The highest BCUT2D eigenvalue weighted by atomic mass is 16.5. The zero-order chi connectivity index (χ0) is 15.2. The zero-order valence-electron chi connectivity index (χ0n) is 12.2. The van der Waals surface area contributed by atoms with Crippen molar-refractivity contribution in [2.24, 2.45) is 0 Å². The fraction of sp³-hybridized carbons (Fsp3) is 0.375. The summed E-state index contributed by atoms with van der Waals surface area (Å²) in [5, 5.41) is 3.20. The molecule has 0 radical (unpaired) electrons. The number of hydrogen-bond donors (Lipinski definition) is 1. The van der Waals surface area contributed by atoms with Gasteiger partial charge in [0.25, 0.3) is 0 Å². The van der Waals surface area contributed by atoms with E-state index in [4.69, 9.17) is 4.74 Å². The van der Waals surface area contributed by atoms with E-state index in [9.17, 15) is 9.59 Å². The zero-order valence-corrected chi connectivity index (χ0v) is 12.2. The standard InChI is InChI=1S/C16H20N2O3/c1-3-10-21-13-6-4-12(5-7-13)11-17-14-8-9-15(19)18(2)16(14)20/h3-7,14,17H,1,8-11H2,2H3. The van der Waals surface area contributed by atoms with E-state index in [1.165, 1.54) is 11.9 Å². The number of hydrogen-bond acceptors (Lipinski definition) is 4. The van der Waals surface area contributed by atoms with Crippen LogP contribution in [0.1, 0.15) is 18.4 Å². The van der Waals surface area contributed by atoms with Crippen LogP contribution in [-0.2, 0) is 16.1 Å². The Kier molecular flexibility index (Phi) is 5.11. The normalized spacial score (nSPS) is 18.7. The largest absolute Gasteiger partial charge is 0.490 e. The lowest BCUT2D eigenvalue weighted by atomic mass is 10.0. The Hall–Kier alpha value is -2.14. The highest BCUT2D eigenvalue weighted by Crippen LogP contribution is 2.14. The molecule has 0 bridgehead atoms. The quantitative estimate of drug-likeness (QED) is 0.636. The molecule has 1 saturated heterocycles. The monoisotopic (exact) mass is 288 g/mol. The number of nitrogens with one attached hydrogen (secondary N) is 1. The molecular weight excluding hydrogens is 268 g/mol. The van der Waals surface area contributed by atoms with Crippen molar-refractivity contribution < 1.29 is 14.3 Å². The van der Waals surface area contributed by atoms with Crippen LogP contribution in [0.3, 0.4) is 0 Å². The first-order valence-electron chi connectivity index (χ1n) is 6.98. The SMILES string of the molecule is C=CCOc1ccc(CNC2CCC(=O)N(C)C2=O)cc1. The number of amides is 2. The summed E-state index contributed by atoms with van der Waals surface area (Å²) in [7, 11) is 1.53. The van der Waals surface area contributed by atoms with Crippen LogP contribution in [0.2, 0.25) is 0 Å². The van der Waals surface area contributed by atoms with E-state index in [2.05, 4.69) is 11.9 Å².